The van der Waals surface area contributed by atoms with Crippen molar-refractivity contribution in [1.29, 1.82) is 0 Å². The summed E-state index contributed by atoms with van der Waals surface area (Å²) in [6.45, 7) is 0. The van der Waals surface area contributed by atoms with E-state index in [1.54, 1.807) is 18.2 Å². The van der Waals surface area contributed by atoms with Crippen LogP contribution >= 0.6 is 46.6 Å². The number of carbonyl (C=O) groups is 1. The highest BCUT2D eigenvalue weighted by atomic mass is 35.5. The molecule has 0 aromatic heterocycles. The fourth-order valence-corrected chi connectivity index (χ4v) is 2.84. The number of benzene rings is 2. The second-order valence-corrected chi connectivity index (χ2v) is 6.25. The minimum Gasteiger partial charge on any atom is -0.324 e. The van der Waals surface area contributed by atoms with Gasteiger partial charge in [-0.05, 0) is 24.3 Å². The van der Waals surface area contributed by atoms with Gasteiger partial charge in [-0.25, -0.2) is 4.39 Å². The molecule has 0 aliphatic rings. The van der Waals surface area contributed by atoms with Crippen LogP contribution in [-0.2, 0) is 4.79 Å². The van der Waals surface area contributed by atoms with Crippen LogP contribution in [0.4, 0.5) is 10.1 Å². The van der Waals surface area contributed by atoms with Crippen molar-refractivity contribution in [2.75, 3.05) is 11.1 Å². The van der Waals surface area contributed by atoms with Gasteiger partial charge in [0, 0.05) is 4.90 Å². The van der Waals surface area contributed by atoms with Crippen LogP contribution in [-0.4, -0.2) is 11.7 Å². The van der Waals surface area contributed by atoms with Crippen LogP contribution in [0.2, 0.25) is 15.1 Å². The van der Waals surface area contributed by atoms with Crippen LogP contribution in [0.15, 0.2) is 41.3 Å². The zero-order valence-corrected chi connectivity index (χ0v) is 13.6. The normalized spacial score (nSPS) is 10.5. The van der Waals surface area contributed by atoms with E-state index in [0.29, 0.717) is 15.6 Å². The van der Waals surface area contributed by atoms with Gasteiger partial charge in [-0.3, -0.25) is 4.79 Å². The third-order valence-corrected chi connectivity index (χ3v) is 4.56. The van der Waals surface area contributed by atoms with Gasteiger partial charge >= 0.3 is 0 Å². The summed E-state index contributed by atoms with van der Waals surface area (Å²) in [5.41, 5.74) is 0.366. The fourth-order valence-electron chi connectivity index (χ4n) is 1.51. The number of halogens is 4. The van der Waals surface area contributed by atoms with E-state index < -0.39 is 0 Å². The van der Waals surface area contributed by atoms with Crippen molar-refractivity contribution in [3.05, 3.63) is 57.3 Å². The Morgan fingerprint density at radius 3 is 2.48 bits per heavy atom. The molecule has 1 amide bonds. The van der Waals surface area contributed by atoms with Crippen molar-refractivity contribution in [2.45, 2.75) is 4.90 Å². The average Bonchev–Trinajstić information content (AvgIpc) is 2.44. The molecule has 0 aliphatic carbocycles. The largest absolute Gasteiger partial charge is 0.324 e. The zero-order valence-electron chi connectivity index (χ0n) is 10.5. The molecule has 0 atom stereocenters. The quantitative estimate of drug-likeness (QED) is 0.572. The lowest BCUT2D eigenvalue weighted by Crippen LogP contribution is -2.14. The molecule has 0 saturated heterocycles. The maximum absolute atomic E-state index is 13.4. The summed E-state index contributed by atoms with van der Waals surface area (Å²) >= 11 is 18.7. The van der Waals surface area contributed by atoms with Crippen molar-refractivity contribution in [1.82, 2.24) is 0 Å². The average molecular weight is 365 g/mol. The third kappa shape index (κ3) is 4.51. The summed E-state index contributed by atoms with van der Waals surface area (Å²) < 4.78 is 13.4. The molecule has 2 rings (SSSR count). The van der Waals surface area contributed by atoms with Crippen LogP contribution in [0.25, 0.3) is 0 Å². The Labute approximate surface area is 140 Å². The van der Waals surface area contributed by atoms with Gasteiger partial charge in [0.1, 0.15) is 5.82 Å². The van der Waals surface area contributed by atoms with E-state index in [1.165, 1.54) is 18.2 Å². The molecule has 0 fully saturated rings. The maximum Gasteiger partial charge on any atom is 0.234 e. The molecule has 0 saturated carbocycles. The Kier molecular flexibility index (Phi) is 5.76. The lowest BCUT2D eigenvalue weighted by Gasteiger charge is -2.09. The molecule has 2 aromatic rings. The van der Waals surface area contributed by atoms with E-state index in [0.717, 1.165) is 11.8 Å². The predicted octanol–water partition coefficient (Wildman–Crippen LogP) is 5.52. The first kappa shape index (κ1) is 16.4. The SMILES string of the molecule is O=C(CSc1ccccc1F)Nc1cc(Cl)c(Cl)cc1Cl. The van der Waals surface area contributed by atoms with E-state index >= 15 is 0 Å². The predicted molar refractivity (Wildman–Crippen MR) is 87.2 cm³/mol. The first-order valence-electron chi connectivity index (χ1n) is 5.79. The molecule has 0 spiro atoms. The van der Waals surface area contributed by atoms with Crippen LogP contribution in [0.3, 0.4) is 0 Å². The molecule has 21 heavy (non-hydrogen) atoms. The Bertz CT molecular complexity index is 681. The molecule has 0 bridgehead atoms. The van der Waals surface area contributed by atoms with Gasteiger partial charge < -0.3 is 5.32 Å². The number of rotatable bonds is 4. The molecule has 0 radical (unpaired) electrons. The number of anilines is 1. The Hall–Kier alpha value is -0.940. The van der Waals surface area contributed by atoms with Gasteiger partial charge in [0.2, 0.25) is 5.91 Å². The summed E-state index contributed by atoms with van der Waals surface area (Å²) in [5, 5.41) is 3.49. The topological polar surface area (TPSA) is 29.1 Å². The summed E-state index contributed by atoms with van der Waals surface area (Å²) in [4.78, 5) is 12.3. The minimum atomic E-state index is -0.358. The van der Waals surface area contributed by atoms with Crippen LogP contribution < -0.4 is 5.32 Å². The van der Waals surface area contributed by atoms with Crippen LogP contribution in [0.1, 0.15) is 0 Å². The Morgan fingerprint density at radius 2 is 1.76 bits per heavy atom. The molecule has 0 unspecified atom stereocenters. The third-order valence-electron chi connectivity index (χ3n) is 2.48. The van der Waals surface area contributed by atoms with E-state index in [-0.39, 0.29) is 27.5 Å². The molecule has 110 valence electrons. The zero-order chi connectivity index (χ0) is 15.4. The lowest BCUT2D eigenvalue weighted by molar-refractivity contribution is -0.113. The van der Waals surface area contributed by atoms with Gasteiger partial charge in [0.05, 0.1) is 26.5 Å². The number of hydrogen-bond donors (Lipinski definition) is 1. The molecule has 2 aromatic carbocycles. The molecule has 2 nitrogen and oxygen atoms in total. The highest BCUT2D eigenvalue weighted by Gasteiger charge is 2.11. The van der Waals surface area contributed by atoms with E-state index in [9.17, 15) is 9.18 Å². The second kappa shape index (κ2) is 7.36. The number of amides is 1. The molecule has 1 N–H and O–H groups in total. The maximum atomic E-state index is 13.4. The molecule has 0 aliphatic heterocycles. The number of thioether (sulfide) groups is 1. The van der Waals surface area contributed by atoms with E-state index in [2.05, 4.69) is 5.32 Å². The van der Waals surface area contributed by atoms with Crippen molar-refractivity contribution in [3.8, 4) is 0 Å². The number of nitrogens with one attached hydrogen (secondary N) is 1. The van der Waals surface area contributed by atoms with Gasteiger partial charge in [-0.15, -0.1) is 11.8 Å². The first-order chi connectivity index (χ1) is 9.97. The van der Waals surface area contributed by atoms with E-state index in [1.807, 2.05) is 0 Å². The summed E-state index contributed by atoms with van der Waals surface area (Å²) in [5.74, 6) is -0.622. The highest BCUT2D eigenvalue weighted by molar-refractivity contribution is 8.00. The van der Waals surface area contributed by atoms with Crippen molar-refractivity contribution in [3.63, 3.8) is 0 Å². The van der Waals surface area contributed by atoms with Gasteiger partial charge in [-0.2, -0.15) is 0 Å². The van der Waals surface area contributed by atoms with E-state index in [4.69, 9.17) is 34.8 Å². The van der Waals surface area contributed by atoms with Crippen molar-refractivity contribution in [2.24, 2.45) is 0 Å². The van der Waals surface area contributed by atoms with Gasteiger partial charge in [0.15, 0.2) is 0 Å². The lowest BCUT2D eigenvalue weighted by atomic mass is 10.3. The smallest absolute Gasteiger partial charge is 0.234 e. The van der Waals surface area contributed by atoms with Gasteiger partial charge in [0.25, 0.3) is 0 Å². The number of hydrogen-bond acceptors (Lipinski definition) is 2. The number of carbonyl (C=O) groups excluding carboxylic acids is 1. The fraction of sp³-hybridized carbons (Fsp3) is 0.0714. The van der Waals surface area contributed by atoms with Crippen LogP contribution in [0, 0.1) is 5.82 Å². The van der Waals surface area contributed by atoms with Crippen molar-refractivity contribution >= 4 is 58.2 Å². The minimum absolute atomic E-state index is 0.0531. The Morgan fingerprint density at radius 1 is 1.10 bits per heavy atom. The summed E-state index contributed by atoms with van der Waals surface area (Å²) in [7, 11) is 0. The van der Waals surface area contributed by atoms with Gasteiger partial charge in [-0.1, -0.05) is 46.9 Å². The highest BCUT2D eigenvalue weighted by Crippen LogP contribution is 2.32. The Balaban J connectivity index is 1.99. The monoisotopic (exact) mass is 363 g/mol. The molecule has 0 heterocycles. The summed E-state index contributed by atoms with van der Waals surface area (Å²) in [6, 6.07) is 9.17. The summed E-state index contributed by atoms with van der Waals surface area (Å²) in [6.07, 6.45) is 0. The molecule has 7 heteroatoms. The van der Waals surface area contributed by atoms with Crippen LogP contribution in [0.5, 0.6) is 0 Å². The second-order valence-electron chi connectivity index (χ2n) is 4.01. The standard InChI is InChI=1S/C14H9Cl3FNOS/c15-8-5-10(17)12(6-9(8)16)19-14(20)7-21-13-4-2-1-3-11(13)18/h1-6H,7H2,(H,19,20). The molecular formula is C14H9Cl3FNOS. The molecular weight excluding hydrogens is 356 g/mol. The van der Waals surface area contributed by atoms with Crippen molar-refractivity contribution < 1.29 is 9.18 Å². The first-order valence-corrected chi connectivity index (χ1v) is 7.91.